The summed E-state index contributed by atoms with van der Waals surface area (Å²) < 4.78 is 21.7. The summed E-state index contributed by atoms with van der Waals surface area (Å²) in [6.45, 7) is 4.70. The van der Waals surface area contributed by atoms with Crippen LogP contribution in [-0.2, 0) is 6.54 Å². The molecule has 8 nitrogen and oxygen atoms in total. The van der Waals surface area contributed by atoms with Crippen molar-refractivity contribution in [2.75, 3.05) is 11.9 Å². The minimum atomic E-state index is -0.443. The summed E-state index contributed by atoms with van der Waals surface area (Å²) in [7, 11) is 0. The Morgan fingerprint density at radius 2 is 1.94 bits per heavy atom. The molecule has 2 amide bonds. The van der Waals surface area contributed by atoms with E-state index in [1.54, 1.807) is 30.0 Å². The summed E-state index contributed by atoms with van der Waals surface area (Å²) in [5, 5.41) is 16.3. The molecule has 4 aromatic rings. The van der Waals surface area contributed by atoms with Gasteiger partial charge in [-0.3, -0.25) is 0 Å². The van der Waals surface area contributed by atoms with Gasteiger partial charge in [0.1, 0.15) is 23.0 Å². The first-order valence-corrected chi connectivity index (χ1v) is 11.7. The number of aryl methyl sites for hydroxylation is 2. The molecule has 1 N–H and O–H groups in total. The molecular formula is C25H24ClFN6O2. The molecule has 35 heavy (non-hydrogen) atoms. The fraction of sp³-hybridized carbons (Fsp3) is 0.280. The fourth-order valence-corrected chi connectivity index (χ4v) is 4.55. The van der Waals surface area contributed by atoms with E-state index in [4.69, 9.17) is 16.1 Å². The number of halogens is 2. The monoisotopic (exact) mass is 494 g/mol. The Labute approximate surface area is 206 Å². The standard InChI is InChI=1S/C25H24ClFN6O2/c1-15-22(23(31-35-15)19-6-3-4-7-20(19)27)28-25(34)32-13-5-8-21(32)24-30-29-16(2)33(24)14-17-9-11-18(26)12-10-17/h3-4,6-7,9-12,21H,5,8,13-14H2,1-2H3,(H,28,34)/t21-/m1/s1. The molecular weight excluding hydrogens is 471 g/mol. The van der Waals surface area contributed by atoms with Crippen molar-refractivity contribution in [3.05, 3.63) is 82.3 Å². The summed E-state index contributed by atoms with van der Waals surface area (Å²) in [5.74, 6) is 1.44. The van der Waals surface area contributed by atoms with E-state index < -0.39 is 5.82 Å². The fourth-order valence-electron chi connectivity index (χ4n) is 4.43. The number of hydrogen-bond acceptors (Lipinski definition) is 5. The van der Waals surface area contributed by atoms with Crippen LogP contribution in [0.1, 0.15) is 41.9 Å². The lowest BCUT2D eigenvalue weighted by Crippen LogP contribution is -2.36. The van der Waals surface area contributed by atoms with Crippen molar-refractivity contribution in [1.29, 1.82) is 0 Å². The first-order chi connectivity index (χ1) is 16.9. The number of nitrogens with one attached hydrogen (secondary N) is 1. The van der Waals surface area contributed by atoms with Gasteiger partial charge in [-0.1, -0.05) is 41.0 Å². The van der Waals surface area contributed by atoms with Crippen LogP contribution in [0, 0.1) is 19.7 Å². The first kappa shape index (κ1) is 23.0. The Morgan fingerprint density at radius 3 is 2.71 bits per heavy atom. The maximum absolute atomic E-state index is 14.4. The number of hydrogen-bond donors (Lipinski definition) is 1. The zero-order valence-corrected chi connectivity index (χ0v) is 20.1. The minimum absolute atomic E-state index is 0.249. The van der Waals surface area contributed by atoms with Crippen LogP contribution in [0.3, 0.4) is 0 Å². The molecule has 0 radical (unpaired) electrons. The van der Waals surface area contributed by atoms with E-state index >= 15 is 0 Å². The number of likely N-dealkylation sites (tertiary alicyclic amines) is 1. The highest BCUT2D eigenvalue weighted by Gasteiger charge is 2.35. The van der Waals surface area contributed by atoms with E-state index in [1.165, 1.54) is 6.07 Å². The third-order valence-corrected chi connectivity index (χ3v) is 6.51. The number of benzene rings is 2. The van der Waals surface area contributed by atoms with Gasteiger partial charge in [0.2, 0.25) is 0 Å². The zero-order chi connectivity index (χ0) is 24.5. The second-order valence-electron chi connectivity index (χ2n) is 8.54. The molecule has 0 unspecified atom stereocenters. The molecule has 2 aromatic heterocycles. The lowest BCUT2D eigenvalue weighted by Gasteiger charge is -2.25. The van der Waals surface area contributed by atoms with Crippen LogP contribution in [-0.4, -0.2) is 37.4 Å². The van der Waals surface area contributed by atoms with E-state index in [0.29, 0.717) is 29.6 Å². The van der Waals surface area contributed by atoms with E-state index in [-0.39, 0.29) is 23.3 Å². The van der Waals surface area contributed by atoms with E-state index in [0.717, 1.165) is 30.1 Å². The molecule has 10 heteroatoms. The summed E-state index contributed by atoms with van der Waals surface area (Å²) >= 11 is 6.03. The van der Waals surface area contributed by atoms with Crippen molar-refractivity contribution >= 4 is 23.3 Å². The molecule has 0 bridgehead atoms. The maximum atomic E-state index is 14.4. The predicted molar refractivity (Wildman–Crippen MR) is 130 cm³/mol. The van der Waals surface area contributed by atoms with Crippen molar-refractivity contribution in [2.24, 2.45) is 0 Å². The number of rotatable bonds is 5. The SMILES string of the molecule is Cc1onc(-c2ccccc2F)c1NC(=O)N1CCC[C@@H]1c1nnc(C)n1Cc1ccc(Cl)cc1. The van der Waals surface area contributed by atoms with Gasteiger partial charge in [-0.15, -0.1) is 10.2 Å². The number of aromatic nitrogens is 4. The first-order valence-electron chi connectivity index (χ1n) is 11.4. The smallest absolute Gasteiger partial charge is 0.322 e. The normalized spacial score (nSPS) is 15.5. The third kappa shape index (κ3) is 4.51. The summed E-state index contributed by atoms with van der Waals surface area (Å²) in [5.41, 5.74) is 1.93. The van der Waals surface area contributed by atoms with Crippen LogP contribution in [0.5, 0.6) is 0 Å². The molecule has 1 fully saturated rings. The Hall–Kier alpha value is -3.72. The Bertz CT molecular complexity index is 1370. The average molecular weight is 495 g/mol. The molecule has 0 spiro atoms. The highest BCUT2D eigenvalue weighted by atomic mass is 35.5. The molecule has 1 saturated heterocycles. The van der Waals surface area contributed by atoms with Crippen molar-refractivity contribution in [1.82, 2.24) is 24.8 Å². The van der Waals surface area contributed by atoms with Crippen molar-refractivity contribution in [2.45, 2.75) is 39.3 Å². The zero-order valence-electron chi connectivity index (χ0n) is 19.3. The number of carbonyl (C=O) groups is 1. The maximum Gasteiger partial charge on any atom is 0.322 e. The Kier molecular flexibility index (Phi) is 6.25. The lowest BCUT2D eigenvalue weighted by atomic mass is 10.1. The van der Waals surface area contributed by atoms with Crippen LogP contribution in [0.2, 0.25) is 5.02 Å². The number of carbonyl (C=O) groups excluding carboxylic acids is 1. The Morgan fingerprint density at radius 1 is 1.17 bits per heavy atom. The second-order valence-corrected chi connectivity index (χ2v) is 8.98. The highest BCUT2D eigenvalue weighted by molar-refractivity contribution is 6.30. The van der Waals surface area contributed by atoms with Gasteiger partial charge in [0.15, 0.2) is 11.6 Å². The largest absolute Gasteiger partial charge is 0.359 e. The quantitative estimate of drug-likeness (QED) is 0.381. The van der Waals surface area contributed by atoms with E-state index in [2.05, 4.69) is 20.7 Å². The molecule has 1 atom stereocenters. The number of anilines is 1. The van der Waals surface area contributed by atoms with Crippen molar-refractivity contribution in [3.63, 3.8) is 0 Å². The van der Waals surface area contributed by atoms with Gasteiger partial charge in [-0.25, -0.2) is 9.18 Å². The minimum Gasteiger partial charge on any atom is -0.359 e. The van der Waals surface area contributed by atoms with Crippen molar-refractivity contribution in [3.8, 4) is 11.3 Å². The van der Waals surface area contributed by atoms with Crippen LogP contribution in [0.15, 0.2) is 53.1 Å². The van der Waals surface area contributed by atoms with E-state index in [9.17, 15) is 9.18 Å². The van der Waals surface area contributed by atoms with Gasteiger partial charge < -0.3 is 19.3 Å². The molecule has 0 aliphatic carbocycles. The molecule has 0 saturated carbocycles. The van der Waals surface area contributed by atoms with Gasteiger partial charge in [0.25, 0.3) is 0 Å². The summed E-state index contributed by atoms with van der Waals surface area (Å²) in [4.78, 5) is 15.1. The third-order valence-electron chi connectivity index (χ3n) is 6.25. The molecule has 1 aliphatic rings. The Balaban J connectivity index is 1.40. The molecule has 5 rings (SSSR count). The predicted octanol–water partition coefficient (Wildman–Crippen LogP) is 5.76. The molecule has 2 aromatic carbocycles. The van der Waals surface area contributed by atoms with Crippen molar-refractivity contribution < 1.29 is 13.7 Å². The number of urea groups is 1. The van der Waals surface area contributed by atoms with Crippen LogP contribution in [0.4, 0.5) is 14.9 Å². The van der Waals surface area contributed by atoms with Gasteiger partial charge >= 0.3 is 6.03 Å². The molecule has 180 valence electrons. The van der Waals surface area contributed by atoms with Crippen LogP contribution in [0.25, 0.3) is 11.3 Å². The number of nitrogens with zero attached hydrogens (tertiary/aromatic N) is 5. The van der Waals surface area contributed by atoms with Crippen LogP contribution >= 0.6 is 11.6 Å². The highest BCUT2D eigenvalue weighted by Crippen LogP contribution is 2.35. The van der Waals surface area contributed by atoms with Gasteiger partial charge in [-0.2, -0.15) is 0 Å². The lowest BCUT2D eigenvalue weighted by molar-refractivity contribution is 0.203. The second kappa shape index (κ2) is 9.50. The van der Waals surface area contributed by atoms with E-state index in [1.807, 2.05) is 35.8 Å². The van der Waals surface area contributed by atoms with Gasteiger partial charge in [-0.05, 0) is 56.5 Å². The molecule has 1 aliphatic heterocycles. The van der Waals surface area contributed by atoms with Gasteiger partial charge in [0, 0.05) is 17.1 Å². The average Bonchev–Trinajstić information content (AvgIpc) is 3.56. The topological polar surface area (TPSA) is 89.1 Å². The summed E-state index contributed by atoms with van der Waals surface area (Å²) in [6.07, 6.45) is 1.59. The molecule has 3 heterocycles. The summed E-state index contributed by atoms with van der Waals surface area (Å²) in [6, 6.07) is 13.3. The van der Waals surface area contributed by atoms with Gasteiger partial charge in [0.05, 0.1) is 12.6 Å². The van der Waals surface area contributed by atoms with Crippen LogP contribution < -0.4 is 5.32 Å². The number of amides is 2.